The van der Waals surface area contributed by atoms with Gasteiger partial charge in [0.15, 0.2) is 0 Å². The Morgan fingerprint density at radius 3 is 2.57 bits per heavy atom. The third kappa shape index (κ3) is 3.30. The highest BCUT2D eigenvalue weighted by atomic mass is 32.2. The van der Waals surface area contributed by atoms with Crippen LogP contribution in [-0.4, -0.2) is 52.6 Å². The number of carbonyl (C=O) groups is 2. The van der Waals surface area contributed by atoms with E-state index in [0.29, 0.717) is 24.8 Å². The molecule has 120 valence electrons. The largest absolute Gasteiger partial charge is 0.481 e. The Labute approximate surface area is 130 Å². The van der Waals surface area contributed by atoms with Gasteiger partial charge in [0.2, 0.25) is 0 Å². The maximum absolute atomic E-state index is 12.3. The lowest BCUT2D eigenvalue weighted by molar-refractivity contribution is -0.150. The van der Waals surface area contributed by atoms with Gasteiger partial charge in [-0.25, -0.2) is 4.79 Å². The van der Waals surface area contributed by atoms with Crippen LogP contribution in [0.4, 0.5) is 4.79 Å². The first kappa shape index (κ1) is 16.5. The molecule has 0 spiro atoms. The van der Waals surface area contributed by atoms with Crippen molar-refractivity contribution in [1.82, 2.24) is 10.2 Å². The van der Waals surface area contributed by atoms with Crippen molar-refractivity contribution in [2.24, 2.45) is 11.3 Å². The monoisotopic (exact) mass is 314 g/mol. The molecule has 0 bridgehead atoms. The second kappa shape index (κ2) is 6.46. The van der Waals surface area contributed by atoms with Gasteiger partial charge < -0.3 is 15.3 Å². The molecule has 0 aromatic rings. The molecule has 21 heavy (non-hydrogen) atoms. The predicted molar refractivity (Wildman–Crippen MR) is 84.6 cm³/mol. The van der Waals surface area contributed by atoms with Crippen molar-refractivity contribution in [1.29, 1.82) is 0 Å². The Hall–Kier alpha value is -0.910. The maximum Gasteiger partial charge on any atom is 0.317 e. The smallest absolute Gasteiger partial charge is 0.317 e. The molecule has 0 aromatic carbocycles. The SMILES string of the molecule is CSC1CCC(NC(=O)N2CCC(C(=O)O)(C(C)C)C2)C1. The zero-order chi connectivity index (χ0) is 15.6. The van der Waals surface area contributed by atoms with Crippen LogP contribution < -0.4 is 5.32 Å². The quantitative estimate of drug-likeness (QED) is 0.836. The summed E-state index contributed by atoms with van der Waals surface area (Å²) in [7, 11) is 0. The van der Waals surface area contributed by atoms with Crippen molar-refractivity contribution in [3.63, 3.8) is 0 Å². The molecule has 1 saturated heterocycles. The fourth-order valence-electron chi connectivity index (χ4n) is 3.45. The number of aliphatic carboxylic acids is 1. The van der Waals surface area contributed by atoms with Crippen LogP contribution in [-0.2, 0) is 4.79 Å². The van der Waals surface area contributed by atoms with Crippen molar-refractivity contribution in [2.45, 2.75) is 50.8 Å². The Kier molecular flexibility index (Phi) is 5.07. The Morgan fingerprint density at radius 2 is 2.10 bits per heavy atom. The van der Waals surface area contributed by atoms with Gasteiger partial charge in [-0.15, -0.1) is 0 Å². The van der Waals surface area contributed by atoms with Crippen molar-refractivity contribution in [3.05, 3.63) is 0 Å². The average Bonchev–Trinajstić information content (AvgIpc) is 3.05. The zero-order valence-electron chi connectivity index (χ0n) is 13.1. The van der Waals surface area contributed by atoms with Crippen LogP contribution in [0.5, 0.6) is 0 Å². The summed E-state index contributed by atoms with van der Waals surface area (Å²) in [6, 6.07) is 0.152. The summed E-state index contributed by atoms with van der Waals surface area (Å²) >= 11 is 1.86. The summed E-state index contributed by atoms with van der Waals surface area (Å²) in [6.07, 6.45) is 5.86. The van der Waals surface area contributed by atoms with Crippen molar-refractivity contribution < 1.29 is 14.7 Å². The van der Waals surface area contributed by atoms with Gasteiger partial charge in [0, 0.05) is 24.4 Å². The van der Waals surface area contributed by atoms with Crippen LogP contribution in [0.2, 0.25) is 0 Å². The molecule has 3 unspecified atom stereocenters. The molecule has 0 aromatic heterocycles. The minimum absolute atomic E-state index is 0.0279. The number of thioether (sulfide) groups is 1. The molecule has 2 fully saturated rings. The van der Waals surface area contributed by atoms with E-state index < -0.39 is 11.4 Å². The van der Waals surface area contributed by atoms with E-state index in [2.05, 4.69) is 11.6 Å². The van der Waals surface area contributed by atoms with Crippen LogP contribution in [0, 0.1) is 11.3 Å². The highest BCUT2D eigenvalue weighted by Crippen LogP contribution is 2.38. The van der Waals surface area contributed by atoms with Gasteiger partial charge in [-0.2, -0.15) is 11.8 Å². The number of hydrogen-bond acceptors (Lipinski definition) is 3. The lowest BCUT2D eigenvalue weighted by Crippen LogP contribution is -2.46. The van der Waals surface area contributed by atoms with Gasteiger partial charge in [-0.3, -0.25) is 4.79 Å². The Morgan fingerprint density at radius 1 is 1.38 bits per heavy atom. The zero-order valence-corrected chi connectivity index (χ0v) is 13.9. The molecule has 6 heteroatoms. The van der Waals surface area contributed by atoms with E-state index in [1.165, 1.54) is 0 Å². The summed E-state index contributed by atoms with van der Waals surface area (Å²) in [5.41, 5.74) is -0.783. The van der Waals surface area contributed by atoms with Crippen molar-refractivity contribution in [2.75, 3.05) is 19.3 Å². The first-order valence-electron chi connectivity index (χ1n) is 7.70. The number of carbonyl (C=O) groups excluding carboxylic acids is 1. The first-order chi connectivity index (χ1) is 9.89. The minimum Gasteiger partial charge on any atom is -0.481 e. The molecular weight excluding hydrogens is 288 g/mol. The molecule has 2 rings (SSSR count). The van der Waals surface area contributed by atoms with E-state index in [1.807, 2.05) is 25.6 Å². The summed E-state index contributed by atoms with van der Waals surface area (Å²) in [6.45, 7) is 4.71. The summed E-state index contributed by atoms with van der Waals surface area (Å²) in [5.74, 6) is -0.753. The number of hydrogen-bond donors (Lipinski definition) is 2. The molecule has 2 aliphatic rings. The van der Waals surface area contributed by atoms with E-state index in [4.69, 9.17) is 0 Å². The molecule has 2 N–H and O–H groups in total. The van der Waals surface area contributed by atoms with Gasteiger partial charge in [-0.1, -0.05) is 13.8 Å². The molecule has 3 atom stereocenters. The fraction of sp³-hybridized carbons (Fsp3) is 0.867. The number of rotatable bonds is 4. The van der Waals surface area contributed by atoms with Gasteiger partial charge in [0.05, 0.1) is 5.41 Å². The number of urea groups is 1. The molecule has 1 saturated carbocycles. The number of carboxylic acid groups (broad SMARTS) is 1. The highest BCUT2D eigenvalue weighted by Gasteiger charge is 2.48. The molecular formula is C15H26N2O3S. The highest BCUT2D eigenvalue weighted by molar-refractivity contribution is 7.99. The van der Waals surface area contributed by atoms with Crippen LogP contribution in [0.15, 0.2) is 0 Å². The summed E-state index contributed by atoms with van der Waals surface area (Å²) in [5, 5.41) is 13.2. The maximum atomic E-state index is 12.3. The number of nitrogens with zero attached hydrogens (tertiary/aromatic N) is 1. The van der Waals surface area contributed by atoms with Gasteiger partial charge >= 0.3 is 12.0 Å². The van der Waals surface area contributed by atoms with Crippen LogP contribution >= 0.6 is 11.8 Å². The average molecular weight is 314 g/mol. The van der Waals surface area contributed by atoms with E-state index in [1.54, 1.807) is 4.90 Å². The van der Waals surface area contributed by atoms with Crippen molar-refractivity contribution >= 4 is 23.8 Å². The number of nitrogens with one attached hydrogen (secondary N) is 1. The number of likely N-dealkylation sites (tertiary alicyclic amines) is 1. The lowest BCUT2D eigenvalue weighted by Gasteiger charge is -2.29. The summed E-state index contributed by atoms with van der Waals surface area (Å²) in [4.78, 5) is 25.6. The van der Waals surface area contributed by atoms with E-state index in [-0.39, 0.29) is 18.0 Å². The molecule has 1 heterocycles. The van der Waals surface area contributed by atoms with Gasteiger partial charge in [0.1, 0.15) is 0 Å². The third-order valence-electron chi connectivity index (χ3n) is 5.16. The first-order valence-corrected chi connectivity index (χ1v) is 8.99. The summed E-state index contributed by atoms with van der Waals surface area (Å²) < 4.78 is 0. The number of amides is 2. The van der Waals surface area contributed by atoms with Gasteiger partial charge in [-0.05, 0) is 37.9 Å². The Bertz CT molecular complexity index is 416. The second-order valence-corrected chi connectivity index (χ2v) is 7.74. The van der Waals surface area contributed by atoms with Gasteiger partial charge in [0.25, 0.3) is 0 Å². The Balaban J connectivity index is 1.92. The minimum atomic E-state index is -0.783. The molecule has 0 radical (unpaired) electrons. The third-order valence-corrected chi connectivity index (χ3v) is 6.26. The molecule has 1 aliphatic heterocycles. The van der Waals surface area contributed by atoms with E-state index in [0.717, 1.165) is 19.3 Å². The van der Waals surface area contributed by atoms with E-state index >= 15 is 0 Å². The topological polar surface area (TPSA) is 69.6 Å². The predicted octanol–water partition coefficient (Wildman–Crippen LogP) is 2.41. The van der Waals surface area contributed by atoms with E-state index in [9.17, 15) is 14.7 Å². The second-order valence-electron chi connectivity index (χ2n) is 6.60. The fourth-order valence-corrected chi connectivity index (χ4v) is 4.25. The molecule has 1 aliphatic carbocycles. The van der Waals surface area contributed by atoms with Crippen LogP contribution in [0.25, 0.3) is 0 Å². The standard InChI is InChI=1S/C15H26N2O3S/c1-10(2)15(13(18)19)6-7-17(9-15)14(20)16-11-4-5-12(8-11)21-3/h10-12H,4-9H2,1-3H3,(H,16,20)(H,18,19). The van der Waals surface area contributed by atoms with Crippen LogP contribution in [0.1, 0.15) is 39.5 Å². The molecule has 2 amide bonds. The normalized spacial score (nSPS) is 32.7. The lowest BCUT2D eigenvalue weighted by atomic mass is 9.76. The number of carboxylic acids is 1. The molecule has 5 nitrogen and oxygen atoms in total. The van der Waals surface area contributed by atoms with Crippen LogP contribution in [0.3, 0.4) is 0 Å². The van der Waals surface area contributed by atoms with Crippen molar-refractivity contribution in [3.8, 4) is 0 Å².